The highest BCUT2D eigenvalue weighted by Gasteiger charge is 2.25. The van der Waals surface area contributed by atoms with Crippen LogP contribution in [0.4, 0.5) is 0 Å². The number of aliphatic imine (C=N–C) groups is 1. The highest BCUT2D eigenvalue weighted by molar-refractivity contribution is 14.0. The molecule has 0 aliphatic carbocycles. The van der Waals surface area contributed by atoms with Gasteiger partial charge in [0.2, 0.25) is 0 Å². The van der Waals surface area contributed by atoms with Gasteiger partial charge in [0.1, 0.15) is 6.10 Å². The predicted octanol–water partition coefficient (Wildman–Crippen LogP) is 2.14. The van der Waals surface area contributed by atoms with Crippen LogP contribution in [0, 0.1) is 0 Å². The zero-order chi connectivity index (χ0) is 21.6. The highest BCUT2D eigenvalue weighted by Crippen LogP contribution is 2.21. The molecule has 9 heteroatoms. The van der Waals surface area contributed by atoms with Crippen LogP contribution in [-0.4, -0.2) is 76.6 Å². The number of aromatic nitrogens is 2. The lowest BCUT2D eigenvalue weighted by Crippen LogP contribution is -2.47. The standard InChI is InChI=1S/C23H34N6O2.HI/c1-24-23(29-11-12-31-22(17-29)20-14-26-27(2)16-20)25-13-18-3-5-19(6-4-18)15-28-9-7-21(30)8-10-28;/h3-6,14,16,21-22,30H,7-13,15,17H2,1-2H3,(H,24,25);1H. The van der Waals surface area contributed by atoms with E-state index in [0.29, 0.717) is 6.61 Å². The summed E-state index contributed by atoms with van der Waals surface area (Å²) < 4.78 is 7.76. The molecular weight excluding hydrogens is 519 g/mol. The second kappa shape index (κ2) is 12.0. The van der Waals surface area contributed by atoms with Gasteiger partial charge in [-0.1, -0.05) is 24.3 Å². The number of hydrogen-bond donors (Lipinski definition) is 2. The first-order valence-electron chi connectivity index (χ1n) is 11.1. The Balaban J connectivity index is 0.00000289. The van der Waals surface area contributed by atoms with Crippen molar-refractivity contribution in [3.63, 3.8) is 0 Å². The predicted molar refractivity (Wildman–Crippen MR) is 136 cm³/mol. The monoisotopic (exact) mass is 554 g/mol. The summed E-state index contributed by atoms with van der Waals surface area (Å²) in [4.78, 5) is 9.16. The smallest absolute Gasteiger partial charge is 0.194 e. The molecule has 8 nitrogen and oxygen atoms in total. The van der Waals surface area contributed by atoms with Crippen molar-refractivity contribution in [1.29, 1.82) is 0 Å². The van der Waals surface area contributed by atoms with Crippen molar-refractivity contribution >= 4 is 29.9 Å². The molecule has 4 rings (SSSR count). The molecule has 0 spiro atoms. The quantitative estimate of drug-likeness (QED) is 0.335. The van der Waals surface area contributed by atoms with E-state index in [9.17, 15) is 5.11 Å². The summed E-state index contributed by atoms with van der Waals surface area (Å²) in [5.41, 5.74) is 3.65. The molecular formula is C23H35IN6O2. The first-order chi connectivity index (χ1) is 15.1. The maximum atomic E-state index is 9.66. The molecule has 2 aliphatic rings. The fourth-order valence-electron chi connectivity index (χ4n) is 4.26. The van der Waals surface area contributed by atoms with Gasteiger partial charge >= 0.3 is 0 Å². The Hall–Kier alpha value is -1.69. The molecule has 2 aromatic rings. The van der Waals surface area contributed by atoms with Crippen molar-refractivity contribution in [1.82, 2.24) is 24.9 Å². The van der Waals surface area contributed by atoms with Gasteiger partial charge in [-0.3, -0.25) is 14.6 Å². The number of nitrogens with one attached hydrogen (secondary N) is 1. The number of ether oxygens (including phenoxy) is 1. The van der Waals surface area contributed by atoms with E-state index in [2.05, 4.69) is 49.5 Å². The number of guanidine groups is 1. The lowest BCUT2D eigenvalue weighted by atomic mass is 10.1. The topological polar surface area (TPSA) is 78.2 Å². The Labute approximate surface area is 207 Å². The van der Waals surface area contributed by atoms with Gasteiger partial charge in [0, 0.05) is 58.6 Å². The Morgan fingerprint density at radius 2 is 1.91 bits per heavy atom. The average molecular weight is 554 g/mol. The second-order valence-corrected chi connectivity index (χ2v) is 8.48. The lowest BCUT2D eigenvalue weighted by Gasteiger charge is -2.34. The number of rotatable bonds is 5. The van der Waals surface area contributed by atoms with Crippen LogP contribution in [0.5, 0.6) is 0 Å². The van der Waals surface area contributed by atoms with Crippen LogP contribution in [0.2, 0.25) is 0 Å². The van der Waals surface area contributed by atoms with Crippen molar-refractivity contribution in [2.75, 3.05) is 39.8 Å². The van der Waals surface area contributed by atoms with Crippen molar-refractivity contribution in [3.8, 4) is 0 Å². The van der Waals surface area contributed by atoms with Crippen LogP contribution in [0.15, 0.2) is 41.7 Å². The maximum Gasteiger partial charge on any atom is 0.194 e. The zero-order valence-corrected chi connectivity index (χ0v) is 21.3. The van der Waals surface area contributed by atoms with Crippen LogP contribution in [0.3, 0.4) is 0 Å². The van der Waals surface area contributed by atoms with Gasteiger partial charge in [0.15, 0.2) is 5.96 Å². The van der Waals surface area contributed by atoms with E-state index in [1.54, 1.807) is 0 Å². The Bertz CT molecular complexity index is 864. The van der Waals surface area contributed by atoms with Crippen LogP contribution >= 0.6 is 24.0 Å². The molecule has 2 aliphatic heterocycles. The SMILES string of the molecule is CN=C(NCc1ccc(CN2CCC(O)CC2)cc1)N1CCOC(c2cnn(C)c2)C1.I. The molecule has 1 aromatic heterocycles. The van der Waals surface area contributed by atoms with Crippen LogP contribution in [-0.2, 0) is 24.9 Å². The number of halogens is 1. The van der Waals surface area contributed by atoms with Crippen LogP contribution in [0.25, 0.3) is 0 Å². The average Bonchev–Trinajstić information content (AvgIpc) is 3.23. The zero-order valence-electron chi connectivity index (χ0n) is 19.0. The Kier molecular flexibility index (Phi) is 9.33. The number of benzene rings is 1. The number of piperidine rings is 1. The minimum absolute atomic E-state index is 0. The van der Waals surface area contributed by atoms with Gasteiger partial charge in [-0.25, -0.2) is 0 Å². The molecule has 176 valence electrons. The molecule has 1 atom stereocenters. The number of hydrogen-bond acceptors (Lipinski definition) is 5. The van der Waals surface area contributed by atoms with E-state index in [1.807, 2.05) is 31.2 Å². The number of aliphatic hydroxyl groups is 1. The second-order valence-electron chi connectivity index (χ2n) is 8.48. The van der Waals surface area contributed by atoms with Gasteiger partial charge < -0.3 is 20.1 Å². The molecule has 2 N–H and O–H groups in total. The van der Waals surface area contributed by atoms with Gasteiger partial charge in [-0.2, -0.15) is 5.10 Å². The first-order valence-corrected chi connectivity index (χ1v) is 11.1. The number of nitrogens with zero attached hydrogens (tertiary/aromatic N) is 5. The van der Waals surface area contributed by atoms with E-state index in [0.717, 1.165) is 63.6 Å². The van der Waals surface area contributed by atoms with E-state index < -0.39 is 0 Å². The Morgan fingerprint density at radius 3 is 2.56 bits per heavy atom. The Morgan fingerprint density at radius 1 is 1.19 bits per heavy atom. The summed E-state index contributed by atoms with van der Waals surface area (Å²) in [5, 5.41) is 17.4. The van der Waals surface area contributed by atoms with Crippen molar-refractivity contribution < 1.29 is 9.84 Å². The normalized spacial score (nSPS) is 20.8. The van der Waals surface area contributed by atoms with Crippen LogP contribution in [0.1, 0.15) is 35.6 Å². The largest absolute Gasteiger partial charge is 0.393 e. The lowest BCUT2D eigenvalue weighted by molar-refractivity contribution is -0.00805. The van der Waals surface area contributed by atoms with Crippen molar-refractivity contribution in [3.05, 3.63) is 53.3 Å². The van der Waals surface area contributed by atoms with Crippen molar-refractivity contribution in [2.45, 2.75) is 38.1 Å². The number of likely N-dealkylation sites (tertiary alicyclic amines) is 1. The molecule has 0 radical (unpaired) electrons. The number of aryl methyl sites for hydroxylation is 1. The summed E-state index contributed by atoms with van der Waals surface area (Å²) in [6.07, 6.45) is 5.53. The van der Waals surface area contributed by atoms with Gasteiger partial charge in [0.25, 0.3) is 0 Å². The number of morpholine rings is 1. The molecule has 0 amide bonds. The molecule has 0 bridgehead atoms. The minimum atomic E-state index is -0.120. The number of aliphatic hydroxyl groups excluding tert-OH is 1. The van der Waals surface area contributed by atoms with E-state index in [-0.39, 0.29) is 36.2 Å². The third kappa shape index (κ3) is 6.66. The van der Waals surface area contributed by atoms with E-state index in [4.69, 9.17) is 4.74 Å². The molecule has 1 aromatic carbocycles. The third-order valence-electron chi connectivity index (χ3n) is 6.11. The fraction of sp³-hybridized carbons (Fsp3) is 0.565. The maximum absolute atomic E-state index is 9.66. The van der Waals surface area contributed by atoms with Gasteiger partial charge in [0.05, 0.1) is 25.5 Å². The molecule has 0 saturated carbocycles. The van der Waals surface area contributed by atoms with Crippen molar-refractivity contribution in [2.24, 2.45) is 12.0 Å². The van der Waals surface area contributed by atoms with E-state index >= 15 is 0 Å². The summed E-state index contributed by atoms with van der Waals surface area (Å²) in [6.45, 7) is 5.88. The summed E-state index contributed by atoms with van der Waals surface area (Å²) in [6, 6.07) is 8.79. The minimum Gasteiger partial charge on any atom is -0.393 e. The van der Waals surface area contributed by atoms with E-state index in [1.165, 1.54) is 11.1 Å². The van der Waals surface area contributed by atoms with Gasteiger partial charge in [-0.05, 0) is 24.0 Å². The fourth-order valence-corrected chi connectivity index (χ4v) is 4.26. The first kappa shape index (κ1) is 24.9. The third-order valence-corrected chi connectivity index (χ3v) is 6.11. The summed E-state index contributed by atoms with van der Waals surface area (Å²) in [5.74, 6) is 0.896. The molecule has 1 unspecified atom stereocenters. The van der Waals surface area contributed by atoms with Gasteiger partial charge in [-0.15, -0.1) is 24.0 Å². The van der Waals surface area contributed by atoms with Crippen LogP contribution < -0.4 is 5.32 Å². The molecule has 32 heavy (non-hydrogen) atoms. The molecule has 2 fully saturated rings. The molecule has 2 saturated heterocycles. The highest BCUT2D eigenvalue weighted by atomic mass is 127. The summed E-state index contributed by atoms with van der Waals surface area (Å²) >= 11 is 0. The summed E-state index contributed by atoms with van der Waals surface area (Å²) in [7, 11) is 3.75. The molecule has 3 heterocycles.